The second kappa shape index (κ2) is 6.44. The predicted octanol–water partition coefficient (Wildman–Crippen LogP) is 3.64. The van der Waals surface area contributed by atoms with E-state index in [9.17, 15) is 5.11 Å². The third kappa shape index (κ3) is 3.52. The molecule has 2 aromatic carbocycles. The van der Waals surface area contributed by atoms with Crippen molar-refractivity contribution < 1.29 is 14.6 Å². The lowest BCUT2D eigenvalue weighted by Crippen LogP contribution is -1.97. The van der Waals surface area contributed by atoms with Gasteiger partial charge in [0.05, 0.1) is 13.2 Å². The van der Waals surface area contributed by atoms with Crippen molar-refractivity contribution >= 4 is 0 Å². The van der Waals surface area contributed by atoms with Gasteiger partial charge in [-0.1, -0.05) is 18.2 Å². The van der Waals surface area contributed by atoms with Gasteiger partial charge in [-0.2, -0.15) is 0 Å². The van der Waals surface area contributed by atoms with E-state index in [0.29, 0.717) is 6.61 Å². The summed E-state index contributed by atoms with van der Waals surface area (Å²) < 4.78 is 11.0. The molecule has 0 bridgehead atoms. The molecule has 1 N–H and O–H groups in total. The average molecular weight is 272 g/mol. The van der Waals surface area contributed by atoms with Gasteiger partial charge in [0, 0.05) is 0 Å². The van der Waals surface area contributed by atoms with Crippen LogP contribution in [-0.4, -0.2) is 12.2 Å². The number of aryl methyl sites for hydroxylation is 1. The molecule has 3 nitrogen and oxygen atoms in total. The largest absolute Gasteiger partial charge is 0.496 e. The summed E-state index contributed by atoms with van der Waals surface area (Å²) in [5, 5.41) is 9.45. The Labute approximate surface area is 119 Å². The Kier molecular flexibility index (Phi) is 4.64. The summed E-state index contributed by atoms with van der Waals surface area (Å²) in [5.74, 6) is 1.68. The average Bonchev–Trinajstić information content (AvgIpc) is 2.45. The first-order chi connectivity index (χ1) is 9.60. The van der Waals surface area contributed by atoms with E-state index < -0.39 is 6.10 Å². The van der Waals surface area contributed by atoms with Gasteiger partial charge >= 0.3 is 0 Å². The molecule has 3 heteroatoms. The van der Waals surface area contributed by atoms with E-state index in [1.54, 1.807) is 14.0 Å². The SMILES string of the molecule is COc1ccc(COc2ccc(C(C)O)cc2)cc1C. The van der Waals surface area contributed by atoms with Gasteiger partial charge in [0.25, 0.3) is 0 Å². The number of aliphatic hydroxyl groups excluding tert-OH is 1. The van der Waals surface area contributed by atoms with Crippen molar-refractivity contribution in [1.29, 1.82) is 0 Å². The fraction of sp³-hybridized carbons (Fsp3) is 0.294. The fourth-order valence-corrected chi connectivity index (χ4v) is 2.04. The van der Waals surface area contributed by atoms with Crippen LogP contribution in [-0.2, 0) is 6.61 Å². The smallest absolute Gasteiger partial charge is 0.121 e. The van der Waals surface area contributed by atoms with Crippen LogP contribution in [0.2, 0.25) is 0 Å². The number of benzene rings is 2. The Morgan fingerprint density at radius 1 is 1.10 bits per heavy atom. The highest BCUT2D eigenvalue weighted by atomic mass is 16.5. The molecule has 0 radical (unpaired) electrons. The summed E-state index contributed by atoms with van der Waals surface area (Å²) in [5.41, 5.74) is 3.08. The van der Waals surface area contributed by atoms with Gasteiger partial charge in [0.1, 0.15) is 18.1 Å². The van der Waals surface area contributed by atoms with E-state index >= 15 is 0 Å². The van der Waals surface area contributed by atoms with Gasteiger partial charge in [0.2, 0.25) is 0 Å². The van der Waals surface area contributed by atoms with Gasteiger partial charge in [-0.05, 0) is 54.8 Å². The fourth-order valence-electron chi connectivity index (χ4n) is 2.04. The molecule has 0 spiro atoms. The van der Waals surface area contributed by atoms with Crippen LogP contribution in [0, 0.1) is 6.92 Å². The molecule has 0 amide bonds. The molecule has 1 unspecified atom stereocenters. The van der Waals surface area contributed by atoms with Gasteiger partial charge in [0.15, 0.2) is 0 Å². The Morgan fingerprint density at radius 3 is 2.35 bits per heavy atom. The monoisotopic (exact) mass is 272 g/mol. The summed E-state index contributed by atoms with van der Waals surface area (Å²) in [6, 6.07) is 13.5. The van der Waals surface area contributed by atoms with Gasteiger partial charge in [-0.15, -0.1) is 0 Å². The summed E-state index contributed by atoms with van der Waals surface area (Å²) in [7, 11) is 1.67. The highest BCUT2D eigenvalue weighted by molar-refractivity contribution is 5.36. The normalized spacial score (nSPS) is 12.0. The highest BCUT2D eigenvalue weighted by Crippen LogP contribution is 2.21. The molecule has 0 fully saturated rings. The van der Waals surface area contributed by atoms with E-state index in [0.717, 1.165) is 28.2 Å². The number of methoxy groups -OCH3 is 1. The molecule has 0 aliphatic rings. The number of aliphatic hydroxyl groups is 1. The van der Waals surface area contributed by atoms with Crippen molar-refractivity contribution in [3.8, 4) is 11.5 Å². The predicted molar refractivity (Wildman–Crippen MR) is 79.1 cm³/mol. The topological polar surface area (TPSA) is 38.7 Å². The van der Waals surface area contributed by atoms with Crippen molar-refractivity contribution in [3.05, 3.63) is 59.2 Å². The third-order valence-corrected chi connectivity index (χ3v) is 3.23. The quantitative estimate of drug-likeness (QED) is 0.903. The zero-order valence-electron chi connectivity index (χ0n) is 12.1. The summed E-state index contributed by atoms with van der Waals surface area (Å²) >= 11 is 0. The minimum atomic E-state index is -0.451. The van der Waals surface area contributed by atoms with Crippen LogP contribution >= 0.6 is 0 Å². The minimum Gasteiger partial charge on any atom is -0.496 e. The third-order valence-electron chi connectivity index (χ3n) is 3.23. The number of ether oxygens (including phenoxy) is 2. The van der Waals surface area contributed by atoms with Crippen LogP contribution in [0.1, 0.15) is 29.7 Å². The molecule has 0 aliphatic heterocycles. The van der Waals surface area contributed by atoms with Crippen molar-refractivity contribution in [2.45, 2.75) is 26.6 Å². The van der Waals surface area contributed by atoms with E-state index in [2.05, 4.69) is 6.07 Å². The Hall–Kier alpha value is -2.00. The molecule has 0 aromatic heterocycles. The zero-order chi connectivity index (χ0) is 14.5. The minimum absolute atomic E-state index is 0.451. The van der Waals surface area contributed by atoms with Gasteiger partial charge < -0.3 is 14.6 Å². The van der Waals surface area contributed by atoms with Crippen molar-refractivity contribution in [2.24, 2.45) is 0 Å². The molecule has 0 saturated carbocycles. The van der Waals surface area contributed by atoms with E-state index in [-0.39, 0.29) is 0 Å². The van der Waals surface area contributed by atoms with Gasteiger partial charge in [-0.25, -0.2) is 0 Å². The van der Waals surface area contributed by atoms with Crippen LogP contribution in [0.5, 0.6) is 11.5 Å². The lowest BCUT2D eigenvalue weighted by atomic mass is 10.1. The molecular weight excluding hydrogens is 252 g/mol. The van der Waals surface area contributed by atoms with Crippen molar-refractivity contribution in [1.82, 2.24) is 0 Å². The first kappa shape index (κ1) is 14.4. The Bertz CT molecular complexity index is 559. The molecule has 1 atom stereocenters. The standard InChI is InChI=1S/C17H20O3/c1-12-10-14(4-9-17(12)19-3)11-20-16-7-5-15(6-8-16)13(2)18/h4-10,13,18H,11H2,1-3H3. The molecule has 0 aliphatic carbocycles. The molecule has 0 heterocycles. The molecular formula is C17H20O3. The maximum atomic E-state index is 9.45. The van der Waals surface area contributed by atoms with Crippen molar-refractivity contribution in [3.63, 3.8) is 0 Å². The van der Waals surface area contributed by atoms with E-state index in [1.165, 1.54) is 0 Å². The first-order valence-corrected chi connectivity index (χ1v) is 6.64. The van der Waals surface area contributed by atoms with Crippen LogP contribution < -0.4 is 9.47 Å². The van der Waals surface area contributed by atoms with Crippen molar-refractivity contribution in [2.75, 3.05) is 7.11 Å². The maximum Gasteiger partial charge on any atom is 0.121 e. The second-order valence-electron chi connectivity index (χ2n) is 4.84. The Balaban J connectivity index is 1.99. The van der Waals surface area contributed by atoms with E-state index in [4.69, 9.17) is 9.47 Å². The zero-order valence-corrected chi connectivity index (χ0v) is 12.1. The highest BCUT2D eigenvalue weighted by Gasteiger charge is 2.03. The lowest BCUT2D eigenvalue weighted by molar-refractivity contribution is 0.199. The summed E-state index contributed by atoms with van der Waals surface area (Å²) in [6.45, 7) is 4.27. The van der Waals surface area contributed by atoms with Crippen LogP contribution in [0.3, 0.4) is 0 Å². The number of hydrogen-bond donors (Lipinski definition) is 1. The Morgan fingerprint density at radius 2 is 1.80 bits per heavy atom. The van der Waals surface area contributed by atoms with E-state index in [1.807, 2.05) is 43.3 Å². The summed E-state index contributed by atoms with van der Waals surface area (Å²) in [6.07, 6.45) is -0.451. The molecule has 2 rings (SSSR count). The number of rotatable bonds is 5. The molecule has 0 saturated heterocycles. The van der Waals surface area contributed by atoms with Crippen LogP contribution in [0.15, 0.2) is 42.5 Å². The maximum absolute atomic E-state index is 9.45. The van der Waals surface area contributed by atoms with Crippen LogP contribution in [0.4, 0.5) is 0 Å². The molecule has 106 valence electrons. The second-order valence-corrected chi connectivity index (χ2v) is 4.84. The summed E-state index contributed by atoms with van der Waals surface area (Å²) in [4.78, 5) is 0. The van der Waals surface area contributed by atoms with Gasteiger partial charge in [-0.3, -0.25) is 0 Å². The van der Waals surface area contributed by atoms with Crippen LogP contribution in [0.25, 0.3) is 0 Å². The lowest BCUT2D eigenvalue weighted by Gasteiger charge is -2.10. The molecule has 20 heavy (non-hydrogen) atoms. The first-order valence-electron chi connectivity index (χ1n) is 6.64. The molecule has 2 aromatic rings. The number of hydrogen-bond acceptors (Lipinski definition) is 3.